The summed E-state index contributed by atoms with van der Waals surface area (Å²) in [5, 5.41) is 3.55. The molecule has 0 aliphatic carbocycles. The highest BCUT2D eigenvalue weighted by molar-refractivity contribution is 5.79. The highest BCUT2D eigenvalue weighted by Crippen LogP contribution is 2.36. The first-order valence-electron chi connectivity index (χ1n) is 8.58. The Hall–Kier alpha value is -2.07. The van der Waals surface area contributed by atoms with Crippen LogP contribution in [0.2, 0.25) is 0 Å². The van der Waals surface area contributed by atoms with Crippen LogP contribution in [0, 0.1) is 19.8 Å². The minimum absolute atomic E-state index is 0.134. The molecule has 3 rings (SSSR count). The van der Waals surface area contributed by atoms with E-state index in [4.69, 9.17) is 4.42 Å². The van der Waals surface area contributed by atoms with Crippen molar-refractivity contribution in [2.24, 2.45) is 5.92 Å². The first-order valence-corrected chi connectivity index (χ1v) is 8.58. The van der Waals surface area contributed by atoms with E-state index in [0.717, 1.165) is 18.1 Å². The summed E-state index contributed by atoms with van der Waals surface area (Å²) in [5.74, 6) is 2.41. The largest absolute Gasteiger partial charge is 0.464 e. The molecule has 1 aromatic carbocycles. The smallest absolute Gasteiger partial charge is 0.223 e. The van der Waals surface area contributed by atoms with Gasteiger partial charge in [0.25, 0.3) is 0 Å². The van der Waals surface area contributed by atoms with Crippen molar-refractivity contribution in [2.45, 2.75) is 39.3 Å². The maximum absolute atomic E-state index is 12.2. The Kier molecular flexibility index (Phi) is 4.76. The van der Waals surface area contributed by atoms with E-state index in [2.05, 4.69) is 37.4 Å². The third-order valence-electron chi connectivity index (χ3n) is 5.13. The summed E-state index contributed by atoms with van der Waals surface area (Å²) < 4.78 is 5.81. The molecule has 1 aliphatic heterocycles. The van der Waals surface area contributed by atoms with Crippen LogP contribution in [-0.2, 0) is 4.79 Å². The number of hydrogen-bond donors (Lipinski definition) is 1. The molecule has 1 aliphatic rings. The predicted octanol–water partition coefficient (Wildman–Crippen LogP) is 3.77. The molecule has 2 aromatic rings. The van der Waals surface area contributed by atoms with E-state index in [-0.39, 0.29) is 23.9 Å². The molecular weight excluding hydrogens is 300 g/mol. The lowest BCUT2D eigenvalue weighted by Crippen LogP contribution is -2.30. The van der Waals surface area contributed by atoms with Crippen molar-refractivity contribution in [1.29, 1.82) is 0 Å². The highest BCUT2D eigenvalue weighted by Gasteiger charge is 2.38. The Morgan fingerprint density at radius 3 is 2.62 bits per heavy atom. The lowest BCUT2D eigenvalue weighted by Gasteiger charge is -2.26. The van der Waals surface area contributed by atoms with Crippen molar-refractivity contribution in [3.05, 3.63) is 59.0 Å². The Balaban J connectivity index is 1.70. The van der Waals surface area contributed by atoms with Gasteiger partial charge >= 0.3 is 0 Å². The lowest BCUT2D eigenvalue weighted by atomic mass is 9.93. The molecule has 1 unspecified atom stereocenters. The van der Waals surface area contributed by atoms with E-state index in [0.29, 0.717) is 6.42 Å². The number of nitrogens with one attached hydrogen (secondary N) is 1. The average Bonchev–Trinajstić information content (AvgIpc) is 3.06. The van der Waals surface area contributed by atoms with Crippen molar-refractivity contribution in [1.82, 2.24) is 10.2 Å². The molecule has 3 atom stereocenters. The van der Waals surface area contributed by atoms with E-state index in [1.165, 1.54) is 11.1 Å². The standard InChI is InChI=1S/C20H26N2O2/c1-13-10-18(24-15(13)3)14(2)21-12-17-11-19(23)22(4)20(17)16-8-6-5-7-9-16/h5-10,14,17,20-21H,11-12H2,1-4H3/t14?,17-,20-/m0/s1. The van der Waals surface area contributed by atoms with Gasteiger partial charge in [0.2, 0.25) is 5.91 Å². The van der Waals surface area contributed by atoms with Gasteiger partial charge in [0.1, 0.15) is 11.5 Å². The molecule has 24 heavy (non-hydrogen) atoms. The number of benzene rings is 1. The molecule has 1 saturated heterocycles. The summed E-state index contributed by atoms with van der Waals surface area (Å²) in [6.07, 6.45) is 0.589. The number of aryl methyl sites for hydroxylation is 2. The van der Waals surface area contributed by atoms with E-state index in [1.807, 2.05) is 37.1 Å². The number of carbonyl (C=O) groups excluding carboxylic acids is 1. The van der Waals surface area contributed by atoms with E-state index < -0.39 is 0 Å². The van der Waals surface area contributed by atoms with Gasteiger partial charge in [-0.05, 0) is 38.0 Å². The van der Waals surface area contributed by atoms with Gasteiger partial charge in [0.15, 0.2) is 0 Å². The van der Waals surface area contributed by atoms with Crippen molar-refractivity contribution >= 4 is 5.91 Å². The molecule has 1 fully saturated rings. The molecule has 4 heteroatoms. The molecule has 0 saturated carbocycles. The summed E-state index contributed by atoms with van der Waals surface area (Å²) in [7, 11) is 1.91. The fourth-order valence-electron chi connectivity index (χ4n) is 3.52. The minimum Gasteiger partial charge on any atom is -0.464 e. The molecular formula is C20H26N2O2. The molecule has 4 nitrogen and oxygen atoms in total. The first kappa shape index (κ1) is 16.8. The van der Waals surface area contributed by atoms with Crippen molar-refractivity contribution in [3.8, 4) is 0 Å². The van der Waals surface area contributed by atoms with Crippen molar-refractivity contribution in [3.63, 3.8) is 0 Å². The second-order valence-electron chi connectivity index (χ2n) is 6.84. The Bertz CT molecular complexity index is 688. The van der Waals surface area contributed by atoms with Gasteiger partial charge in [0, 0.05) is 25.9 Å². The van der Waals surface area contributed by atoms with Crippen molar-refractivity contribution in [2.75, 3.05) is 13.6 Å². The molecule has 1 aromatic heterocycles. The summed E-state index contributed by atoms with van der Waals surface area (Å²) in [6.45, 7) is 6.94. The molecule has 0 bridgehead atoms. The van der Waals surface area contributed by atoms with Crippen LogP contribution >= 0.6 is 0 Å². The number of nitrogens with zero attached hydrogens (tertiary/aromatic N) is 1. The quantitative estimate of drug-likeness (QED) is 0.910. The van der Waals surface area contributed by atoms with Gasteiger partial charge in [0.05, 0.1) is 12.1 Å². The van der Waals surface area contributed by atoms with Crippen LogP contribution in [-0.4, -0.2) is 24.4 Å². The maximum atomic E-state index is 12.2. The van der Waals surface area contributed by atoms with Crippen LogP contribution in [0.5, 0.6) is 0 Å². The summed E-state index contributed by atoms with van der Waals surface area (Å²) in [5.41, 5.74) is 2.38. The highest BCUT2D eigenvalue weighted by atomic mass is 16.3. The summed E-state index contributed by atoms with van der Waals surface area (Å²) >= 11 is 0. The number of likely N-dealkylation sites (tertiary alicyclic amines) is 1. The van der Waals surface area contributed by atoms with Gasteiger partial charge in [-0.1, -0.05) is 30.3 Å². The fraction of sp³-hybridized carbons (Fsp3) is 0.450. The van der Waals surface area contributed by atoms with Crippen LogP contribution < -0.4 is 5.32 Å². The van der Waals surface area contributed by atoms with Gasteiger partial charge in [-0.2, -0.15) is 0 Å². The number of hydrogen-bond acceptors (Lipinski definition) is 3. The van der Waals surface area contributed by atoms with Crippen LogP contribution in [0.1, 0.15) is 48.1 Å². The van der Waals surface area contributed by atoms with Crippen LogP contribution in [0.3, 0.4) is 0 Å². The second kappa shape index (κ2) is 6.81. The molecule has 0 radical (unpaired) electrons. The molecule has 1 N–H and O–H groups in total. The van der Waals surface area contributed by atoms with Crippen LogP contribution in [0.15, 0.2) is 40.8 Å². The van der Waals surface area contributed by atoms with E-state index in [1.54, 1.807) is 0 Å². The number of amides is 1. The average molecular weight is 326 g/mol. The zero-order valence-electron chi connectivity index (χ0n) is 14.9. The number of furan rings is 1. The molecule has 0 spiro atoms. The van der Waals surface area contributed by atoms with E-state index in [9.17, 15) is 4.79 Å². The third-order valence-corrected chi connectivity index (χ3v) is 5.13. The summed E-state index contributed by atoms with van der Waals surface area (Å²) in [4.78, 5) is 14.1. The number of carbonyl (C=O) groups is 1. The van der Waals surface area contributed by atoms with Crippen LogP contribution in [0.25, 0.3) is 0 Å². The van der Waals surface area contributed by atoms with E-state index >= 15 is 0 Å². The van der Waals surface area contributed by atoms with Gasteiger partial charge in [-0.25, -0.2) is 0 Å². The van der Waals surface area contributed by atoms with Gasteiger partial charge < -0.3 is 14.6 Å². The zero-order valence-corrected chi connectivity index (χ0v) is 14.9. The van der Waals surface area contributed by atoms with Gasteiger partial charge in [-0.3, -0.25) is 4.79 Å². The normalized spacial score (nSPS) is 22.2. The monoisotopic (exact) mass is 326 g/mol. The summed E-state index contributed by atoms with van der Waals surface area (Å²) in [6, 6.07) is 12.7. The Morgan fingerprint density at radius 1 is 1.29 bits per heavy atom. The zero-order chi connectivity index (χ0) is 17.3. The number of rotatable bonds is 5. The Morgan fingerprint density at radius 2 is 2.00 bits per heavy atom. The SMILES string of the molecule is Cc1cc(C(C)NC[C@@H]2CC(=O)N(C)[C@H]2c2ccccc2)oc1C. The predicted molar refractivity (Wildman–Crippen MR) is 94.7 cm³/mol. The fourth-order valence-corrected chi connectivity index (χ4v) is 3.52. The topological polar surface area (TPSA) is 45.5 Å². The molecule has 1 amide bonds. The second-order valence-corrected chi connectivity index (χ2v) is 6.84. The maximum Gasteiger partial charge on any atom is 0.223 e. The molecule has 128 valence electrons. The minimum atomic E-state index is 0.134. The molecule has 2 heterocycles. The lowest BCUT2D eigenvalue weighted by molar-refractivity contribution is -0.127. The van der Waals surface area contributed by atoms with Gasteiger partial charge in [-0.15, -0.1) is 0 Å². The third kappa shape index (κ3) is 3.24. The first-order chi connectivity index (χ1) is 11.5. The van der Waals surface area contributed by atoms with Crippen molar-refractivity contribution < 1.29 is 9.21 Å². The Labute approximate surface area is 143 Å². The van der Waals surface area contributed by atoms with Crippen LogP contribution in [0.4, 0.5) is 0 Å².